The van der Waals surface area contributed by atoms with Crippen molar-refractivity contribution in [2.75, 3.05) is 49.5 Å². The standard InChI is InChI=1S/C21H25ClN4O5S/c22-16-3-6-19(7-4-16)32(29,30)25-11-9-24(10-12-25)17-5-8-21(26(27)28)20(14-17)23-15-18-2-1-13-31-18/h3-8,14,18,23H,1-2,9-13,15H2. The molecule has 1 unspecified atom stereocenters. The highest BCUT2D eigenvalue weighted by Gasteiger charge is 2.29. The average molecular weight is 481 g/mol. The zero-order valence-electron chi connectivity index (χ0n) is 17.4. The maximum atomic E-state index is 12.9. The summed E-state index contributed by atoms with van der Waals surface area (Å²) in [7, 11) is -3.60. The minimum Gasteiger partial charge on any atom is -0.377 e. The van der Waals surface area contributed by atoms with Crippen LogP contribution < -0.4 is 10.2 Å². The molecule has 0 spiro atoms. The van der Waals surface area contributed by atoms with E-state index in [0.29, 0.717) is 43.4 Å². The maximum absolute atomic E-state index is 12.9. The fourth-order valence-corrected chi connectivity index (χ4v) is 5.54. The molecule has 2 aromatic rings. The number of sulfonamides is 1. The molecule has 2 saturated heterocycles. The van der Waals surface area contributed by atoms with Crippen molar-refractivity contribution in [1.82, 2.24) is 4.31 Å². The van der Waals surface area contributed by atoms with Crippen molar-refractivity contribution in [2.24, 2.45) is 0 Å². The summed E-state index contributed by atoms with van der Waals surface area (Å²) < 4.78 is 32.8. The second-order valence-corrected chi connectivity index (χ2v) is 10.2. The Hall–Kier alpha value is -2.40. The Kier molecular flexibility index (Phi) is 6.85. The lowest BCUT2D eigenvalue weighted by Gasteiger charge is -2.35. The van der Waals surface area contributed by atoms with Crippen LogP contribution in [0.15, 0.2) is 47.4 Å². The number of nitro benzene ring substituents is 1. The minimum absolute atomic E-state index is 0.00991. The quantitative estimate of drug-likeness (QED) is 0.478. The van der Waals surface area contributed by atoms with Crippen molar-refractivity contribution in [1.29, 1.82) is 0 Å². The maximum Gasteiger partial charge on any atom is 0.292 e. The largest absolute Gasteiger partial charge is 0.377 e. The molecule has 0 bridgehead atoms. The van der Waals surface area contributed by atoms with E-state index in [0.717, 1.165) is 25.1 Å². The van der Waals surface area contributed by atoms with Crippen LogP contribution in [0.3, 0.4) is 0 Å². The van der Waals surface area contributed by atoms with Gasteiger partial charge in [-0.15, -0.1) is 0 Å². The van der Waals surface area contributed by atoms with E-state index in [1.165, 1.54) is 22.5 Å². The van der Waals surface area contributed by atoms with Crippen LogP contribution in [0.4, 0.5) is 17.1 Å². The van der Waals surface area contributed by atoms with Gasteiger partial charge in [-0.3, -0.25) is 10.1 Å². The van der Waals surface area contributed by atoms with E-state index in [9.17, 15) is 18.5 Å². The van der Waals surface area contributed by atoms with E-state index in [1.54, 1.807) is 24.3 Å². The smallest absolute Gasteiger partial charge is 0.292 e. The molecule has 2 aliphatic heterocycles. The molecule has 9 nitrogen and oxygen atoms in total. The predicted octanol–water partition coefficient (Wildman–Crippen LogP) is 3.35. The summed E-state index contributed by atoms with van der Waals surface area (Å²) in [5.41, 5.74) is 1.27. The molecular formula is C21H25ClN4O5S. The van der Waals surface area contributed by atoms with Crippen molar-refractivity contribution >= 4 is 38.7 Å². The first-order chi connectivity index (χ1) is 15.3. The number of nitro groups is 1. The molecule has 11 heteroatoms. The molecule has 1 N–H and O–H groups in total. The van der Waals surface area contributed by atoms with Gasteiger partial charge in [0, 0.05) is 56.1 Å². The van der Waals surface area contributed by atoms with Gasteiger partial charge in [-0.2, -0.15) is 4.31 Å². The van der Waals surface area contributed by atoms with Gasteiger partial charge in [-0.25, -0.2) is 8.42 Å². The summed E-state index contributed by atoms with van der Waals surface area (Å²) in [6, 6.07) is 11.1. The molecule has 2 fully saturated rings. The lowest BCUT2D eigenvalue weighted by molar-refractivity contribution is -0.383. The first-order valence-electron chi connectivity index (χ1n) is 10.5. The number of ether oxygens (including phenoxy) is 1. The van der Waals surface area contributed by atoms with E-state index in [-0.39, 0.29) is 16.7 Å². The van der Waals surface area contributed by atoms with Crippen LogP contribution in [-0.2, 0) is 14.8 Å². The van der Waals surface area contributed by atoms with Gasteiger partial charge >= 0.3 is 0 Å². The van der Waals surface area contributed by atoms with Crippen molar-refractivity contribution in [3.05, 3.63) is 57.6 Å². The van der Waals surface area contributed by atoms with Gasteiger partial charge in [0.1, 0.15) is 5.69 Å². The van der Waals surface area contributed by atoms with Crippen LogP contribution in [0.5, 0.6) is 0 Å². The summed E-state index contributed by atoms with van der Waals surface area (Å²) in [5.74, 6) is 0. The van der Waals surface area contributed by atoms with E-state index < -0.39 is 14.9 Å². The van der Waals surface area contributed by atoms with E-state index >= 15 is 0 Å². The lowest BCUT2D eigenvalue weighted by Crippen LogP contribution is -2.48. The zero-order chi connectivity index (χ0) is 22.7. The molecule has 0 saturated carbocycles. The molecule has 32 heavy (non-hydrogen) atoms. The van der Waals surface area contributed by atoms with Gasteiger partial charge in [0.15, 0.2) is 0 Å². The molecule has 2 aromatic carbocycles. The monoisotopic (exact) mass is 480 g/mol. The highest BCUT2D eigenvalue weighted by atomic mass is 35.5. The van der Waals surface area contributed by atoms with Crippen LogP contribution in [0.25, 0.3) is 0 Å². The van der Waals surface area contributed by atoms with Crippen molar-refractivity contribution in [2.45, 2.75) is 23.8 Å². The zero-order valence-corrected chi connectivity index (χ0v) is 19.0. The predicted molar refractivity (Wildman–Crippen MR) is 123 cm³/mol. The number of anilines is 2. The van der Waals surface area contributed by atoms with E-state index in [2.05, 4.69) is 5.32 Å². The van der Waals surface area contributed by atoms with Crippen LogP contribution >= 0.6 is 11.6 Å². The molecule has 172 valence electrons. The van der Waals surface area contributed by atoms with Gasteiger partial charge in [0.2, 0.25) is 10.0 Å². The Balaban J connectivity index is 1.45. The number of nitrogens with one attached hydrogen (secondary N) is 1. The summed E-state index contributed by atoms with van der Waals surface area (Å²) in [4.78, 5) is 13.3. The third-order valence-electron chi connectivity index (χ3n) is 5.78. The lowest BCUT2D eigenvalue weighted by atomic mass is 10.2. The topological polar surface area (TPSA) is 105 Å². The fourth-order valence-electron chi connectivity index (χ4n) is 3.99. The van der Waals surface area contributed by atoms with Gasteiger partial charge < -0.3 is 15.0 Å². The highest BCUT2D eigenvalue weighted by Crippen LogP contribution is 2.31. The molecular weight excluding hydrogens is 456 g/mol. The van der Waals surface area contributed by atoms with Crippen LogP contribution in [0, 0.1) is 10.1 Å². The number of nitrogens with zero attached hydrogens (tertiary/aromatic N) is 3. The molecule has 2 heterocycles. The van der Waals surface area contributed by atoms with Crippen LogP contribution in [-0.4, -0.2) is 63.1 Å². The normalized spacial score (nSPS) is 19.8. The number of halogens is 1. The van der Waals surface area contributed by atoms with Crippen LogP contribution in [0.2, 0.25) is 5.02 Å². The van der Waals surface area contributed by atoms with E-state index in [4.69, 9.17) is 16.3 Å². The molecule has 0 amide bonds. The SMILES string of the molecule is O=[N+]([O-])c1ccc(N2CCN(S(=O)(=O)c3ccc(Cl)cc3)CC2)cc1NCC1CCCO1. The van der Waals surface area contributed by atoms with Crippen molar-refractivity contribution < 1.29 is 18.1 Å². The third-order valence-corrected chi connectivity index (χ3v) is 7.94. The number of hydrogen-bond donors (Lipinski definition) is 1. The van der Waals surface area contributed by atoms with Gasteiger partial charge in [0.25, 0.3) is 5.69 Å². The first kappa shape index (κ1) is 22.8. The summed E-state index contributed by atoms with van der Waals surface area (Å²) >= 11 is 5.87. The second-order valence-electron chi connectivity index (χ2n) is 7.82. The Bertz CT molecular complexity index is 1070. The second kappa shape index (κ2) is 9.62. The molecule has 4 rings (SSSR count). The Morgan fingerprint density at radius 2 is 1.84 bits per heavy atom. The Morgan fingerprint density at radius 3 is 2.47 bits per heavy atom. The summed E-state index contributed by atoms with van der Waals surface area (Å²) in [5, 5.41) is 15.1. The Morgan fingerprint density at radius 1 is 1.12 bits per heavy atom. The minimum atomic E-state index is -3.60. The van der Waals surface area contributed by atoms with Crippen LogP contribution in [0.1, 0.15) is 12.8 Å². The number of piperazine rings is 1. The fraction of sp³-hybridized carbons (Fsp3) is 0.429. The molecule has 1 atom stereocenters. The molecule has 0 radical (unpaired) electrons. The molecule has 0 aliphatic carbocycles. The van der Waals surface area contributed by atoms with E-state index in [1.807, 2.05) is 4.90 Å². The third kappa shape index (κ3) is 4.98. The molecule has 0 aromatic heterocycles. The first-order valence-corrected chi connectivity index (χ1v) is 12.3. The molecule has 2 aliphatic rings. The van der Waals surface area contributed by atoms with Crippen molar-refractivity contribution in [3.8, 4) is 0 Å². The number of rotatable bonds is 7. The average Bonchev–Trinajstić information content (AvgIpc) is 3.31. The number of benzene rings is 2. The Labute approximate surface area is 192 Å². The van der Waals surface area contributed by atoms with Gasteiger partial charge in [-0.1, -0.05) is 11.6 Å². The van der Waals surface area contributed by atoms with Gasteiger partial charge in [-0.05, 0) is 49.2 Å². The van der Waals surface area contributed by atoms with Gasteiger partial charge in [0.05, 0.1) is 15.9 Å². The summed E-state index contributed by atoms with van der Waals surface area (Å²) in [6.07, 6.45) is 1.99. The number of hydrogen-bond acceptors (Lipinski definition) is 7. The van der Waals surface area contributed by atoms with Crippen molar-refractivity contribution in [3.63, 3.8) is 0 Å². The summed E-state index contributed by atoms with van der Waals surface area (Å²) in [6.45, 7) is 2.84. The highest BCUT2D eigenvalue weighted by molar-refractivity contribution is 7.89.